The molecule has 1 saturated heterocycles. The highest BCUT2D eigenvalue weighted by molar-refractivity contribution is 5.77. The lowest BCUT2D eigenvalue weighted by Crippen LogP contribution is -2.67. The number of amides is 1. The predicted octanol–water partition coefficient (Wildman–Crippen LogP) is 2.34. The molecule has 3 unspecified atom stereocenters. The average molecular weight is 295 g/mol. The molecule has 2 aliphatic carbocycles. The first-order valence-electron chi connectivity index (χ1n) is 8.45. The van der Waals surface area contributed by atoms with Gasteiger partial charge in [-0.2, -0.15) is 0 Å². The van der Waals surface area contributed by atoms with Crippen LogP contribution in [-0.2, 0) is 9.53 Å². The molecule has 1 amide bonds. The molecule has 4 nitrogen and oxygen atoms in total. The second kappa shape index (κ2) is 5.24. The van der Waals surface area contributed by atoms with Crippen molar-refractivity contribution in [1.82, 2.24) is 4.90 Å². The van der Waals surface area contributed by atoms with Crippen molar-refractivity contribution in [2.75, 3.05) is 13.7 Å². The van der Waals surface area contributed by atoms with E-state index in [0.717, 1.165) is 38.7 Å². The molecule has 120 valence electrons. The highest BCUT2D eigenvalue weighted by Crippen LogP contribution is 2.54. The Hall–Kier alpha value is -0.610. The van der Waals surface area contributed by atoms with Gasteiger partial charge in [-0.15, -0.1) is 0 Å². The zero-order valence-electron chi connectivity index (χ0n) is 13.6. The Bertz CT molecular complexity index is 414. The second-order valence-corrected chi connectivity index (χ2v) is 7.98. The van der Waals surface area contributed by atoms with Crippen LogP contribution in [0.4, 0.5) is 0 Å². The minimum absolute atomic E-state index is 0.0285. The van der Waals surface area contributed by atoms with Gasteiger partial charge in [-0.1, -0.05) is 33.1 Å². The van der Waals surface area contributed by atoms with E-state index in [4.69, 9.17) is 4.74 Å². The van der Waals surface area contributed by atoms with Crippen molar-refractivity contribution in [2.45, 2.75) is 76.5 Å². The highest BCUT2D eigenvalue weighted by Gasteiger charge is 2.61. The van der Waals surface area contributed by atoms with Gasteiger partial charge in [0.2, 0.25) is 5.91 Å². The van der Waals surface area contributed by atoms with E-state index in [2.05, 4.69) is 13.8 Å². The maximum absolute atomic E-state index is 12.7. The summed E-state index contributed by atoms with van der Waals surface area (Å²) in [5.41, 5.74) is -0.732. The Morgan fingerprint density at radius 3 is 2.62 bits per heavy atom. The van der Waals surface area contributed by atoms with Crippen LogP contribution in [0.1, 0.15) is 58.8 Å². The van der Waals surface area contributed by atoms with E-state index in [1.807, 2.05) is 11.9 Å². The number of aliphatic hydroxyl groups is 1. The largest absolute Gasteiger partial charge is 0.389 e. The molecule has 4 heteroatoms. The summed E-state index contributed by atoms with van der Waals surface area (Å²) >= 11 is 0. The Morgan fingerprint density at radius 2 is 1.95 bits per heavy atom. The summed E-state index contributed by atoms with van der Waals surface area (Å²) in [7, 11) is 1.91. The van der Waals surface area contributed by atoms with Gasteiger partial charge in [0.25, 0.3) is 0 Å². The molecule has 3 aliphatic rings. The molecule has 1 heterocycles. The van der Waals surface area contributed by atoms with Gasteiger partial charge < -0.3 is 14.7 Å². The molecule has 0 bridgehead atoms. The summed E-state index contributed by atoms with van der Waals surface area (Å²) in [6.45, 7) is 5.22. The molecule has 3 rings (SSSR count). The second-order valence-electron chi connectivity index (χ2n) is 7.98. The molecule has 0 aromatic rings. The third kappa shape index (κ3) is 2.50. The lowest BCUT2D eigenvalue weighted by molar-refractivity contribution is -0.171. The quantitative estimate of drug-likeness (QED) is 0.869. The smallest absolute Gasteiger partial charge is 0.225 e. The zero-order valence-corrected chi connectivity index (χ0v) is 13.6. The van der Waals surface area contributed by atoms with E-state index in [0.29, 0.717) is 12.0 Å². The number of hydrogen-bond donors (Lipinski definition) is 1. The number of rotatable bonds is 3. The van der Waals surface area contributed by atoms with Crippen LogP contribution in [0.5, 0.6) is 0 Å². The topological polar surface area (TPSA) is 49.8 Å². The van der Waals surface area contributed by atoms with Crippen LogP contribution in [-0.4, -0.2) is 47.3 Å². The Balaban J connectivity index is 1.64. The molecule has 3 atom stereocenters. The Kier molecular flexibility index (Phi) is 3.81. The van der Waals surface area contributed by atoms with Crippen LogP contribution in [0.25, 0.3) is 0 Å². The number of fused-ring (bicyclic) bond motifs is 1. The highest BCUT2D eigenvalue weighted by atomic mass is 16.5. The lowest BCUT2D eigenvalue weighted by Gasteiger charge is -2.58. The summed E-state index contributed by atoms with van der Waals surface area (Å²) in [5.74, 6) is 0.581. The molecule has 0 aromatic carbocycles. The van der Waals surface area contributed by atoms with Gasteiger partial charge in [0.15, 0.2) is 0 Å². The van der Waals surface area contributed by atoms with Gasteiger partial charge in [-0.25, -0.2) is 0 Å². The van der Waals surface area contributed by atoms with Crippen molar-refractivity contribution in [2.24, 2.45) is 11.3 Å². The lowest BCUT2D eigenvalue weighted by atomic mass is 9.56. The van der Waals surface area contributed by atoms with Gasteiger partial charge in [0.1, 0.15) is 0 Å². The summed E-state index contributed by atoms with van der Waals surface area (Å²) in [5, 5.41) is 10.6. The Morgan fingerprint density at radius 1 is 1.29 bits per heavy atom. The van der Waals surface area contributed by atoms with E-state index < -0.39 is 5.60 Å². The van der Waals surface area contributed by atoms with Crippen LogP contribution in [0.15, 0.2) is 0 Å². The van der Waals surface area contributed by atoms with Gasteiger partial charge in [0, 0.05) is 31.0 Å². The maximum Gasteiger partial charge on any atom is 0.225 e. The monoisotopic (exact) mass is 295 g/mol. The van der Waals surface area contributed by atoms with E-state index in [9.17, 15) is 9.90 Å². The third-order valence-electron chi connectivity index (χ3n) is 6.11. The van der Waals surface area contributed by atoms with Crippen molar-refractivity contribution in [1.29, 1.82) is 0 Å². The number of carbonyl (C=O) groups is 1. The molecular weight excluding hydrogens is 266 g/mol. The summed E-state index contributed by atoms with van der Waals surface area (Å²) < 4.78 is 5.81. The van der Waals surface area contributed by atoms with Crippen LogP contribution in [0.3, 0.4) is 0 Å². The first-order chi connectivity index (χ1) is 9.85. The van der Waals surface area contributed by atoms with E-state index in [1.165, 1.54) is 6.42 Å². The van der Waals surface area contributed by atoms with Crippen LogP contribution in [0.2, 0.25) is 0 Å². The molecule has 1 aliphatic heterocycles. The van der Waals surface area contributed by atoms with Crippen molar-refractivity contribution in [3.05, 3.63) is 0 Å². The summed E-state index contributed by atoms with van der Waals surface area (Å²) in [6, 6.07) is 0.254. The first kappa shape index (κ1) is 15.3. The number of hydrogen-bond acceptors (Lipinski definition) is 3. The van der Waals surface area contributed by atoms with Crippen LogP contribution < -0.4 is 0 Å². The van der Waals surface area contributed by atoms with Crippen molar-refractivity contribution < 1.29 is 14.6 Å². The Labute approximate surface area is 127 Å². The zero-order chi connectivity index (χ0) is 15.3. The van der Waals surface area contributed by atoms with Gasteiger partial charge in [-0.3, -0.25) is 4.79 Å². The molecule has 0 spiro atoms. The predicted molar refractivity (Wildman–Crippen MR) is 80.8 cm³/mol. The molecular formula is C17H29NO3. The normalized spacial score (nSPS) is 36.7. The van der Waals surface area contributed by atoms with Crippen molar-refractivity contribution in [3.8, 4) is 0 Å². The first-order valence-corrected chi connectivity index (χ1v) is 8.45. The minimum Gasteiger partial charge on any atom is -0.389 e. The maximum atomic E-state index is 12.7. The van der Waals surface area contributed by atoms with E-state index >= 15 is 0 Å². The number of nitrogens with zero attached hydrogens (tertiary/aromatic N) is 1. The SMILES string of the molecule is CN(C(=O)CC1(O)CCCCC1)C1C2CCOC2C1(C)C. The number of carbonyl (C=O) groups excluding carboxylic acids is 1. The standard InChI is InChI=1S/C17H29NO3/c1-16(2)14(12-7-10-21-15(12)16)18(3)13(19)11-17(20)8-5-4-6-9-17/h12,14-15,20H,4-11H2,1-3H3. The van der Waals surface area contributed by atoms with Crippen molar-refractivity contribution >= 4 is 5.91 Å². The average Bonchev–Trinajstić information content (AvgIpc) is 2.85. The van der Waals surface area contributed by atoms with E-state index in [1.54, 1.807) is 0 Å². The van der Waals surface area contributed by atoms with Crippen LogP contribution in [0, 0.1) is 11.3 Å². The summed E-state index contributed by atoms with van der Waals surface area (Å²) in [6.07, 6.45) is 6.46. The molecule has 0 radical (unpaired) electrons. The van der Waals surface area contributed by atoms with Gasteiger partial charge >= 0.3 is 0 Å². The molecule has 1 N–H and O–H groups in total. The van der Waals surface area contributed by atoms with Gasteiger partial charge in [0.05, 0.1) is 18.1 Å². The number of ether oxygens (including phenoxy) is 1. The van der Waals surface area contributed by atoms with Gasteiger partial charge in [-0.05, 0) is 19.3 Å². The molecule has 0 aromatic heterocycles. The fourth-order valence-corrected chi connectivity index (χ4v) is 5.03. The molecule has 3 fully saturated rings. The van der Waals surface area contributed by atoms with E-state index in [-0.39, 0.29) is 23.8 Å². The molecule has 2 saturated carbocycles. The fraction of sp³-hybridized carbons (Fsp3) is 0.941. The summed E-state index contributed by atoms with van der Waals surface area (Å²) in [4.78, 5) is 14.6. The molecule has 21 heavy (non-hydrogen) atoms. The minimum atomic E-state index is -0.761. The van der Waals surface area contributed by atoms with Crippen LogP contribution >= 0.6 is 0 Å². The van der Waals surface area contributed by atoms with Crippen molar-refractivity contribution in [3.63, 3.8) is 0 Å². The fourth-order valence-electron chi connectivity index (χ4n) is 5.03. The third-order valence-corrected chi connectivity index (χ3v) is 6.11.